The molecule has 1 aliphatic heterocycles. The maximum Gasteiger partial charge on any atom is 0.127 e. The zero-order valence-corrected chi connectivity index (χ0v) is 14.6. The van der Waals surface area contributed by atoms with E-state index >= 15 is 0 Å². The smallest absolute Gasteiger partial charge is 0.127 e. The molecule has 1 heterocycles. The van der Waals surface area contributed by atoms with Gasteiger partial charge in [0.25, 0.3) is 0 Å². The van der Waals surface area contributed by atoms with Gasteiger partial charge in [0.1, 0.15) is 18.5 Å². The van der Waals surface area contributed by atoms with Gasteiger partial charge in [-0.1, -0.05) is 49.2 Å². The Bertz CT molecular complexity index is 697. The molecule has 1 saturated heterocycles. The van der Waals surface area contributed by atoms with Gasteiger partial charge in [0, 0.05) is 24.5 Å². The molecule has 2 aromatic carbocycles. The van der Waals surface area contributed by atoms with E-state index in [1.165, 1.54) is 19.3 Å². The van der Waals surface area contributed by atoms with Crippen molar-refractivity contribution in [3.8, 4) is 5.75 Å². The zero-order chi connectivity index (χ0) is 17.1. The van der Waals surface area contributed by atoms with Crippen LogP contribution in [0, 0.1) is 0 Å². The molecule has 0 radical (unpaired) electrons. The second-order valence-corrected chi connectivity index (χ2v) is 7.20. The van der Waals surface area contributed by atoms with Crippen LogP contribution in [0.2, 0.25) is 0 Å². The van der Waals surface area contributed by atoms with Gasteiger partial charge in [-0.2, -0.15) is 0 Å². The van der Waals surface area contributed by atoms with Crippen LogP contribution in [0.15, 0.2) is 42.5 Å². The summed E-state index contributed by atoms with van der Waals surface area (Å²) in [6.45, 7) is 2.67. The number of benzene rings is 2. The van der Waals surface area contributed by atoms with Gasteiger partial charge in [-0.25, -0.2) is 0 Å². The molecule has 25 heavy (non-hydrogen) atoms. The fourth-order valence-corrected chi connectivity index (χ4v) is 4.23. The minimum Gasteiger partial charge on any atom is -0.490 e. The molecule has 0 bridgehead atoms. The molecule has 0 amide bonds. The summed E-state index contributed by atoms with van der Waals surface area (Å²) in [6.07, 6.45) is 4.74. The Morgan fingerprint density at radius 2 is 1.96 bits per heavy atom. The monoisotopic (exact) mass is 341 g/mol. The van der Waals surface area contributed by atoms with Crippen LogP contribution < -0.4 is 4.74 Å². The van der Waals surface area contributed by atoms with Crippen molar-refractivity contribution in [2.24, 2.45) is 0 Å². The van der Waals surface area contributed by atoms with E-state index in [1.807, 2.05) is 24.3 Å². The summed E-state index contributed by atoms with van der Waals surface area (Å²) in [6, 6.07) is 14.7. The number of morpholine rings is 1. The second kappa shape index (κ2) is 7.73. The lowest BCUT2D eigenvalue weighted by atomic mass is 9.90. The minimum absolute atomic E-state index is 0.322. The molecule has 2 aliphatic rings. The van der Waals surface area contributed by atoms with Crippen LogP contribution in [0.25, 0.3) is 10.8 Å². The van der Waals surface area contributed by atoms with Crippen molar-refractivity contribution in [3.05, 3.63) is 42.5 Å². The number of nitrogens with zero attached hydrogens (tertiary/aromatic N) is 1. The Hall–Kier alpha value is -1.62. The SMILES string of the molecule is O[C@H](COc1cccc2ccccc12)CN1CCO[C@H]2CCCC[C@@H]21. The third-order valence-electron chi connectivity index (χ3n) is 5.47. The van der Waals surface area contributed by atoms with Gasteiger partial charge < -0.3 is 14.6 Å². The molecule has 4 nitrogen and oxygen atoms in total. The van der Waals surface area contributed by atoms with Crippen LogP contribution in [0.1, 0.15) is 25.7 Å². The van der Waals surface area contributed by atoms with Crippen molar-refractivity contribution in [1.29, 1.82) is 0 Å². The van der Waals surface area contributed by atoms with Gasteiger partial charge in [0.2, 0.25) is 0 Å². The number of hydrogen-bond acceptors (Lipinski definition) is 4. The topological polar surface area (TPSA) is 41.9 Å². The van der Waals surface area contributed by atoms with E-state index in [1.54, 1.807) is 0 Å². The fourth-order valence-electron chi connectivity index (χ4n) is 4.23. The highest BCUT2D eigenvalue weighted by Crippen LogP contribution is 2.29. The van der Waals surface area contributed by atoms with Gasteiger partial charge in [0.15, 0.2) is 0 Å². The molecule has 2 fully saturated rings. The maximum atomic E-state index is 10.5. The van der Waals surface area contributed by atoms with Gasteiger partial charge in [-0.05, 0) is 24.3 Å². The highest BCUT2D eigenvalue weighted by Gasteiger charge is 2.34. The van der Waals surface area contributed by atoms with Crippen LogP contribution in [0.4, 0.5) is 0 Å². The Labute approximate surface area is 149 Å². The first-order chi connectivity index (χ1) is 12.3. The standard InChI is InChI=1S/C21H27NO3/c23-17(14-22-12-13-24-21-10-4-3-9-19(21)22)15-25-20-11-5-7-16-6-1-2-8-18(16)20/h1-2,5-8,11,17,19,21,23H,3-4,9-10,12-15H2/t17-,19-,21-/m0/s1. The summed E-state index contributed by atoms with van der Waals surface area (Å²) in [5.41, 5.74) is 0. The lowest BCUT2D eigenvalue weighted by Crippen LogP contribution is -2.55. The Morgan fingerprint density at radius 3 is 2.92 bits per heavy atom. The Kier molecular flexibility index (Phi) is 5.20. The fraction of sp³-hybridized carbons (Fsp3) is 0.524. The van der Waals surface area contributed by atoms with Gasteiger partial charge in [-0.3, -0.25) is 4.90 Å². The predicted octanol–water partition coefficient (Wildman–Crippen LogP) is 3.22. The average molecular weight is 341 g/mol. The van der Waals surface area contributed by atoms with Crippen molar-refractivity contribution < 1.29 is 14.6 Å². The highest BCUT2D eigenvalue weighted by atomic mass is 16.5. The number of ether oxygens (including phenoxy) is 2. The van der Waals surface area contributed by atoms with Crippen LogP contribution in [-0.4, -0.2) is 54.6 Å². The third-order valence-corrected chi connectivity index (χ3v) is 5.47. The number of hydrogen-bond donors (Lipinski definition) is 1. The molecule has 0 aromatic heterocycles. The number of fused-ring (bicyclic) bond motifs is 2. The number of aliphatic hydroxyl groups excluding tert-OH is 1. The van der Waals surface area contributed by atoms with E-state index in [0.717, 1.165) is 36.1 Å². The quantitative estimate of drug-likeness (QED) is 0.907. The number of aliphatic hydroxyl groups is 1. The lowest BCUT2D eigenvalue weighted by molar-refractivity contribution is -0.0992. The van der Waals surface area contributed by atoms with Crippen molar-refractivity contribution >= 4 is 10.8 Å². The summed E-state index contributed by atoms with van der Waals surface area (Å²) >= 11 is 0. The number of rotatable bonds is 5. The molecular formula is C21H27NO3. The van der Waals surface area contributed by atoms with E-state index in [4.69, 9.17) is 9.47 Å². The van der Waals surface area contributed by atoms with Crippen LogP contribution in [-0.2, 0) is 4.74 Å². The summed E-state index contributed by atoms with van der Waals surface area (Å²) in [7, 11) is 0. The number of β-amino-alcohol motifs (C(OH)–C–C–N with tert-alkyl or cyclic N) is 1. The van der Waals surface area contributed by atoms with Crippen LogP contribution >= 0.6 is 0 Å². The second-order valence-electron chi connectivity index (χ2n) is 7.20. The molecule has 0 unspecified atom stereocenters. The van der Waals surface area contributed by atoms with E-state index < -0.39 is 6.10 Å². The van der Waals surface area contributed by atoms with E-state index in [0.29, 0.717) is 25.3 Å². The summed E-state index contributed by atoms with van der Waals surface area (Å²) < 4.78 is 11.9. The molecule has 1 saturated carbocycles. The summed E-state index contributed by atoms with van der Waals surface area (Å²) in [5.74, 6) is 0.842. The molecule has 1 aliphatic carbocycles. The zero-order valence-electron chi connectivity index (χ0n) is 14.6. The lowest BCUT2D eigenvalue weighted by Gasteiger charge is -2.44. The normalized spacial score (nSPS) is 25.5. The molecule has 2 aromatic rings. The summed E-state index contributed by atoms with van der Waals surface area (Å²) in [5, 5.41) is 12.8. The van der Waals surface area contributed by atoms with E-state index in [9.17, 15) is 5.11 Å². The predicted molar refractivity (Wildman–Crippen MR) is 99.0 cm³/mol. The Morgan fingerprint density at radius 1 is 1.12 bits per heavy atom. The van der Waals surface area contributed by atoms with Gasteiger partial charge in [0.05, 0.1) is 12.7 Å². The largest absolute Gasteiger partial charge is 0.490 e. The van der Waals surface area contributed by atoms with Crippen LogP contribution in [0.5, 0.6) is 5.75 Å². The first-order valence-corrected chi connectivity index (χ1v) is 9.45. The van der Waals surface area contributed by atoms with Crippen molar-refractivity contribution in [2.45, 2.75) is 43.9 Å². The van der Waals surface area contributed by atoms with Gasteiger partial charge >= 0.3 is 0 Å². The van der Waals surface area contributed by atoms with Crippen LogP contribution in [0.3, 0.4) is 0 Å². The minimum atomic E-state index is -0.486. The van der Waals surface area contributed by atoms with Crippen molar-refractivity contribution in [1.82, 2.24) is 4.90 Å². The average Bonchev–Trinajstić information content (AvgIpc) is 2.66. The van der Waals surface area contributed by atoms with E-state index in [2.05, 4.69) is 23.1 Å². The maximum absolute atomic E-state index is 10.5. The highest BCUT2D eigenvalue weighted by molar-refractivity contribution is 5.88. The molecule has 0 spiro atoms. The molecule has 3 atom stereocenters. The first-order valence-electron chi connectivity index (χ1n) is 9.45. The van der Waals surface area contributed by atoms with E-state index in [-0.39, 0.29) is 0 Å². The first kappa shape index (κ1) is 16.8. The molecule has 1 N–H and O–H groups in total. The van der Waals surface area contributed by atoms with Gasteiger partial charge in [-0.15, -0.1) is 0 Å². The van der Waals surface area contributed by atoms with Crippen molar-refractivity contribution in [3.63, 3.8) is 0 Å². The van der Waals surface area contributed by atoms with Crippen molar-refractivity contribution in [2.75, 3.05) is 26.3 Å². The molecule has 4 heteroatoms. The Balaban J connectivity index is 1.36. The summed E-state index contributed by atoms with van der Waals surface area (Å²) in [4.78, 5) is 2.41. The molecular weight excluding hydrogens is 314 g/mol. The molecule has 134 valence electrons. The molecule has 4 rings (SSSR count). The third kappa shape index (κ3) is 3.81.